The second-order valence-corrected chi connectivity index (χ2v) is 6.70. The van der Waals surface area contributed by atoms with Gasteiger partial charge in [0, 0.05) is 18.5 Å². The van der Waals surface area contributed by atoms with Crippen LogP contribution in [0.2, 0.25) is 0 Å². The van der Waals surface area contributed by atoms with Crippen molar-refractivity contribution in [2.45, 2.75) is 31.5 Å². The summed E-state index contributed by atoms with van der Waals surface area (Å²) in [5, 5.41) is 17.4. The zero-order chi connectivity index (χ0) is 20.8. The Morgan fingerprint density at radius 2 is 1.76 bits per heavy atom. The number of imide groups is 1. The van der Waals surface area contributed by atoms with Crippen LogP contribution in [0.25, 0.3) is 0 Å². The van der Waals surface area contributed by atoms with E-state index >= 15 is 0 Å². The molecule has 8 heteroatoms. The van der Waals surface area contributed by atoms with E-state index in [2.05, 4.69) is 16.0 Å². The van der Waals surface area contributed by atoms with E-state index in [1.165, 1.54) is 0 Å². The van der Waals surface area contributed by atoms with Gasteiger partial charge in [-0.1, -0.05) is 48.5 Å². The normalized spacial score (nSPS) is 17.3. The third-order valence-corrected chi connectivity index (χ3v) is 4.70. The van der Waals surface area contributed by atoms with Crippen molar-refractivity contribution < 1.29 is 24.3 Å². The number of carboxylic acid groups (broad SMARTS) is 1. The zero-order valence-corrected chi connectivity index (χ0v) is 15.6. The topological polar surface area (TPSA) is 125 Å². The van der Waals surface area contributed by atoms with Gasteiger partial charge >= 0.3 is 5.97 Å². The number of nitrogens with one attached hydrogen (secondary N) is 3. The summed E-state index contributed by atoms with van der Waals surface area (Å²) in [7, 11) is 0. The number of piperidine rings is 1. The largest absolute Gasteiger partial charge is 0.479 e. The van der Waals surface area contributed by atoms with Gasteiger partial charge < -0.3 is 15.7 Å². The van der Waals surface area contributed by atoms with Crippen molar-refractivity contribution in [3.63, 3.8) is 0 Å². The second-order valence-electron chi connectivity index (χ2n) is 6.70. The maximum Gasteiger partial charge on any atom is 0.330 e. The summed E-state index contributed by atoms with van der Waals surface area (Å²) in [5.74, 6) is -2.38. The molecule has 1 aliphatic heterocycles. The third-order valence-electron chi connectivity index (χ3n) is 4.70. The number of hydrogen-bond acceptors (Lipinski definition) is 5. The van der Waals surface area contributed by atoms with Gasteiger partial charge in [-0.25, -0.2) is 4.79 Å². The molecule has 0 unspecified atom stereocenters. The maximum absolute atomic E-state index is 12.8. The van der Waals surface area contributed by atoms with Crippen LogP contribution in [0, 0.1) is 0 Å². The molecule has 2 atom stereocenters. The quantitative estimate of drug-likeness (QED) is 0.521. The van der Waals surface area contributed by atoms with Crippen LogP contribution >= 0.6 is 0 Å². The van der Waals surface area contributed by atoms with Gasteiger partial charge in [0.1, 0.15) is 0 Å². The fraction of sp³-hybridized carbons (Fsp3) is 0.238. The Morgan fingerprint density at radius 3 is 2.45 bits per heavy atom. The molecule has 1 heterocycles. The highest BCUT2D eigenvalue weighted by Gasteiger charge is 2.27. The molecule has 29 heavy (non-hydrogen) atoms. The van der Waals surface area contributed by atoms with E-state index in [9.17, 15) is 24.3 Å². The van der Waals surface area contributed by atoms with Crippen molar-refractivity contribution in [2.75, 3.05) is 0 Å². The number of aliphatic carboxylic acids is 1. The molecule has 0 radical (unpaired) electrons. The molecule has 1 fully saturated rings. The first-order valence-corrected chi connectivity index (χ1v) is 9.19. The van der Waals surface area contributed by atoms with Crippen LogP contribution in [-0.2, 0) is 20.9 Å². The molecular formula is C21H21N3O5. The second kappa shape index (κ2) is 9.11. The van der Waals surface area contributed by atoms with Crippen LogP contribution in [0.15, 0.2) is 54.6 Å². The van der Waals surface area contributed by atoms with Gasteiger partial charge in [0.05, 0.1) is 6.04 Å². The summed E-state index contributed by atoms with van der Waals surface area (Å²) < 4.78 is 0. The van der Waals surface area contributed by atoms with Gasteiger partial charge in [0.25, 0.3) is 5.91 Å². The van der Waals surface area contributed by atoms with Gasteiger partial charge in [0.2, 0.25) is 11.8 Å². The minimum Gasteiger partial charge on any atom is -0.479 e. The van der Waals surface area contributed by atoms with Gasteiger partial charge in [0.15, 0.2) is 6.04 Å². The first kappa shape index (κ1) is 20.2. The number of carbonyl (C=O) groups is 4. The molecule has 8 nitrogen and oxygen atoms in total. The molecule has 4 N–H and O–H groups in total. The molecule has 3 rings (SSSR count). The molecule has 0 aromatic heterocycles. The number of benzene rings is 2. The predicted octanol–water partition coefficient (Wildman–Crippen LogP) is 1.14. The van der Waals surface area contributed by atoms with Gasteiger partial charge in [-0.2, -0.15) is 0 Å². The summed E-state index contributed by atoms with van der Waals surface area (Å²) >= 11 is 0. The van der Waals surface area contributed by atoms with E-state index in [-0.39, 0.29) is 18.9 Å². The van der Waals surface area contributed by atoms with Crippen LogP contribution in [-0.4, -0.2) is 34.8 Å². The van der Waals surface area contributed by atoms with E-state index in [1.807, 2.05) is 0 Å². The van der Waals surface area contributed by atoms with Gasteiger partial charge in [-0.05, 0) is 23.6 Å². The molecule has 2 aromatic rings. The lowest BCUT2D eigenvalue weighted by Gasteiger charge is -2.22. The molecule has 0 aliphatic carbocycles. The molecule has 0 saturated carbocycles. The predicted molar refractivity (Wildman–Crippen MR) is 104 cm³/mol. The van der Waals surface area contributed by atoms with Crippen LogP contribution in [0.4, 0.5) is 0 Å². The van der Waals surface area contributed by atoms with E-state index < -0.39 is 29.9 Å². The lowest BCUT2D eigenvalue weighted by atomic mass is 10.0. The maximum atomic E-state index is 12.8. The van der Waals surface area contributed by atoms with Gasteiger partial charge in [-0.3, -0.25) is 19.7 Å². The van der Waals surface area contributed by atoms with E-state index in [1.54, 1.807) is 54.6 Å². The zero-order valence-electron chi connectivity index (χ0n) is 15.6. The third kappa shape index (κ3) is 5.05. The van der Waals surface area contributed by atoms with Crippen molar-refractivity contribution in [3.8, 4) is 0 Å². The fourth-order valence-corrected chi connectivity index (χ4v) is 3.16. The average Bonchev–Trinajstić information content (AvgIpc) is 2.72. The highest BCUT2D eigenvalue weighted by molar-refractivity contribution is 6.00. The smallest absolute Gasteiger partial charge is 0.330 e. The summed E-state index contributed by atoms with van der Waals surface area (Å²) in [6.45, 7) is 0.221. The monoisotopic (exact) mass is 395 g/mol. The summed E-state index contributed by atoms with van der Waals surface area (Å²) in [4.78, 5) is 47.6. The molecular weight excluding hydrogens is 374 g/mol. The van der Waals surface area contributed by atoms with E-state index in [0.29, 0.717) is 23.1 Å². The Bertz CT molecular complexity index is 929. The Balaban J connectivity index is 1.72. The summed E-state index contributed by atoms with van der Waals surface area (Å²) in [6, 6.07) is 13.5. The Morgan fingerprint density at radius 1 is 1.07 bits per heavy atom. The number of amides is 3. The summed E-state index contributed by atoms with van der Waals surface area (Å²) in [6.07, 6.45) is 0.636. The number of rotatable bonds is 7. The molecule has 1 aliphatic rings. The fourth-order valence-electron chi connectivity index (χ4n) is 3.16. The minimum atomic E-state index is -1.18. The Kier molecular flexibility index (Phi) is 6.36. The molecule has 2 aromatic carbocycles. The van der Waals surface area contributed by atoms with Crippen molar-refractivity contribution in [2.24, 2.45) is 0 Å². The first-order valence-electron chi connectivity index (χ1n) is 9.19. The Labute approximate surface area is 167 Å². The van der Waals surface area contributed by atoms with Crippen LogP contribution in [0.3, 0.4) is 0 Å². The lowest BCUT2D eigenvalue weighted by molar-refractivity contribution is -0.139. The molecule has 0 spiro atoms. The minimum absolute atomic E-state index is 0.221. The van der Waals surface area contributed by atoms with E-state index in [4.69, 9.17) is 0 Å². The lowest BCUT2D eigenvalue weighted by Crippen LogP contribution is -2.50. The molecule has 0 bridgehead atoms. The highest BCUT2D eigenvalue weighted by Crippen LogP contribution is 2.16. The summed E-state index contributed by atoms with van der Waals surface area (Å²) in [5.41, 5.74) is 1.40. The van der Waals surface area contributed by atoms with Crippen LogP contribution in [0.1, 0.15) is 40.4 Å². The average molecular weight is 395 g/mol. The standard InChI is InChI=1S/C21H21N3O5/c25-17-11-10-16(20(27)23-17)22-12-14-8-4-5-9-15(14)19(26)24-18(21(28)29)13-6-2-1-3-7-13/h1-9,16,18,22H,10-12H2,(H,24,26)(H,28,29)(H,23,25,27)/t16-,18+/m0/s1. The highest BCUT2D eigenvalue weighted by atomic mass is 16.4. The number of carbonyl (C=O) groups excluding carboxylic acids is 3. The van der Waals surface area contributed by atoms with Gasteiger partial charge in [-0.15, -0.1) is 0 Å². The Hall–Kier alpha value is -3.52. The van der Waals surface area contributed by atoms with E-state index in [0.717, 1.165) is 0 Å². The van der Waals surface area contributed by atoms with Crippen LogP contribution < -0.4 is 16.0 Å². The van der Waals surface area contributed by atoms with Crippen molar-refractivity contribution in [3.05, 3.63) is 71.3 Å². The first-order chi connectivity index (χ1) is 14.0. The SMILES string of the molecule is O=C1CC[C@H](NCc2ccccc2C(=O)N[C@@H](C(=O)O)c2ccccc2)C(=O)N1. The molecule has 1 saturated heterocycles. The number of carboxylic acids is 1. The number of hydrogen-bond donors (Lipinski definition) is 4. The van der Waals surface area contributed by atoms with Crippen molar-refractivity contribution in [1.82, 2.24) is 16.0 Å². The van der Waals surface area contributed by atoms with Crippen molar-refractivity contribution in [1.29, 1.82) is 0 Å². The molecule has 150 valence electrons. The van der Waals surface area contributed by atoms with Crippen molar-refractivity contribution >= 4 is 23.7 Å². The molecule has 3 amide bonds. The van der Waals surface area contributed by atoms with Crippen LogP contribution in [0.5, 0.6) is 0 Å².